The summed E-state index contributed by atoms with van der Waals surface area (Å²) in [6.45, 7) is 2.67. The Bertz CT molecular complexity index is 458. The first-order valence-corrected chi connectivity index (χ1v) is 8.71. The molecule has 0 aromatic heterocycles. The molecule has 0 bridgehead atoms. The molecule has 23 heavy (non-hydrogen) atoms. The van der Waals surface area contributed by atoms with Crippen LogP contribution in [-0.4, -0.2) is 55.6 Å². The van der Waals surface area contributed by atoms with Crippen LogP contribution in [0.3, 0.4) is 0 Å². The first-order valence-electron chi connectivity index (χ1n) is 8.71. The van der Waals surface area contributed by atoms with Crippen LogP contribution in [0.1, 0.15) is 37.7 Å². The largest absolute Gasteiger partial charge is 0.383 e. The molecule has 0 spiro atoms. The number of benzene rings is 1. The molecule has 4 nitrogen and oxygen atoms in total. The van der Waals surface area contributed by atoms with E-state index in [4.69, 9.17) is 4.74 Å². The Morgan fingerprint density at radius 3 is 2.52 bits per heavy atom. The highest BCUT2D eigenvalue weighted by Gasteiger charge is 2.23. The minimum atomic E-state index is 0.226. The minimum absolute atomic E-state index is 0.226. The molecule has 128 valence electrons. The highest BCUT2D eigenvalue weighted by molar-refractivity contribution is 5.78. The van der Waals surface area contributed by atoms with E-state index >= 15 is 0 Å². The zero-order valence-corrected chi connectivity index (χ0v) is 14.5. The summed E-state index contributed by atoms with van der Waals surface area (Å²) >= 11 is 0. The first kappa shape index (κ1) is 18.0. The molecule has 1 aromatic rings. The number of rotatable bonds is 8. The molecule has 1 aliphatic rings. The van der Waals surface area contributed by atoms with Gasteiger partial charge in [-0.1, -0.05) is 49.6 Å². The van der Waals surface area contributed by atoms with E-state index in [1.54, 1.807) is 7.11 Å². The SMILES string of the molecule is COCCN(CC(=O)N(C)C1CCCCC1)Cc1ccccc1. The van der Waals surface area contributed by atoms with Crippen LogP contribution >= 0.6 is 0 Å². The van der Waals surface area contributed by atoms with E-state index in [-0.39, 0.29) is 5.91 Å². The van der Waals surface area contributed by atoms with E-state index < -0.39 is 0 Å². The van der Waals surface area contributed by atoms with Gasteiger partial charge in [0, 0.05) is 33.3 Å². The fourth-order valence-corrected chi connectivity index (χ4v) is 3.25. The minimum Gasteiger partial charge on any atom is -0.383 e. The summed E-state index contributed by atoms with van der Waals surface area (Å²) in [7, 11) is 3.67. The summed E-state index contributed by atoms with van der Waals surface area (Å²) in [4.78, 5) is 16.8. The summed E-state index contributed by atoms with van der Waals surface area (Å²) < 4.78 is 5.20. The second-order valence-electron chi connectivity index (χ2n) is 6.49. The number of carbonyl (C=O) groups is 1. The number of nitrogens with zero attached hydrogens (tertiary/aromatic N) is 2. The molecule has 0 N–H and O–H groups in total. The summed E-state index contributed by atoms with van der Waals surface area (Å²) in [5.41, 5.74) is 1.23. The van der Waals surface area contributed by atoms with Crippen LogP contribution in [0.5, 0.6) is 0 Å². The molecule has 1 amide bonds. The molecule has 4 heteroatoms. The molecule has 0 heterocycles. The third kappa shape index (κ3) is 5.96. The number of carbonyl (C=O) groups excluding carboxylic acids is 1. The summed E-state index contributed by atoms with van der Waals surface area (Å²) in [5.74, 6) is 0.226. The van der Waals surface area contributed by atoms with Gasteiger partial charge in [-0.2, -0.15) is 0 Å². The quantitative estimate of drug-likeness (QED) is 0.739. The fourth-order valence-electron chi connectivity index (χ4n) is 3.25. The zero-order valence-electron chi connectivity index (χ0n) is 14.5. The third-order valence-corrected chi connectivity index (χ3v) is 4.74. The van der Waals surface area contributed by atoms with Gasteiger partial charge in [0.1, 0.15) is 0 Å². The van der Waals surface area contributed by atoms with Crippen LogP contribution < -0.4 is 0 Å². The number of hydrogen-bond donors (Lipinski definition) is 0. The van der Waals surface area contributed by atoms with Crippen molar-refractivity contribution < 1.29 is 9.53 Å². The second-order valence-corrected chi connectivity index (χ2v) is 6.49. The van der Waals surface area contributed by atoms with Crippen LogP contribution in [-0.2, 0) is 16.1 Å². The predicted octanol–water partition coefficient (Wildman–Crippen LogP) is 2.93. The Labute approximate surface area is 140 Å². The lowest BCUT2D eigenvalue weighted by Gasteiger charge is -2.33. The van der Waals surface area contributed by atoms with Crippen LogP contribution in [0, 0.1) is 0 Å². The molecule has 1 fully saturated rings. The van der Waals surface area contributed by atoms with E-state index in [1.807, 2.05) is 30.1 Å². The van der Waals surface area contributed by atoms with E-state index in [9.17, 15) is 4.79 Å². The number of hydrogen-bond acceptors (Lipinski definition) is 3. The molecule has 0 radical (unpaired) electrons. The molecule has 1 aliphatic carbocycles. The topological polar surface area (TPSA) is 32.8 Å². The van der Waals surface area contributed by atoms with Crippen LogP contribution in [0.25, 0.3) is 0 Å². The van der Waals surface area contributed by atoms with E-state index in [0.29, 0.717) is 19.2 Å². The zero-order chi connectivity index (χ0) is 16.5. The molecule has 0 aliphatic heterocycles. The van der Waals surface area contributed by atoms with Gasteiger partial charge < -0.3 is 9.64 Å². The lowest BCUT2D eigenvalue weighted by Crippen LogP contribution is -2.44. The summed E-state index contributed by atoms with van der Waals surface area (Å²) in [6.07, 6.45) is 6.11. The van der Waals surface area contributed by atoms with Crippen LogP contribution in [0.4, 0.5) is 0 Å². The van der Waals surface area contributed by atoms with Gasteiger partial charge in [0.25, 0.3) is 0 Å². The number of amides is 1. The molecule has 1 saturated carbocycles. The van der Waals surface area contributed by atoms with Gasteiger partial charge in [-0.15, -0.1) is 0 Å². The number of likely N-dealkylation sites (N-methyl/N-ethyl adjacent to an activating group) is 1. The van der Waals surface area contributed by atoms with Crippen molar-refractivity contribution in [2.75, 3.05) is 33.9 Å². The fraction of sp³-hybridized carbons (Fsp3) is 0.632. The monoisotopic (exact) mass is 318 g/mol. The summed E-state index contributed by atoms with van der Waals surface area (Å²) in [6, 6.07) is 10.7. The molecule has 0 atom stereocenters. The van der Waals surface area contributed by atoms with Gasteiger partial charge in [-0.3, -0.25) is 9.69 Å². The van der Waals surface area contributed by atoms with Crippen molar-refractivity contribution in [2.24, 2.45) is 0 Å². The van der Waals surface area contributed by atoms with Crippen molar-refractivity contribution in [1.82, 2.24) is 9.80 Å². The molecular weight excluding hydrogens is 288 g/mol. The molecule has 2 rings (SSSR count). The predicted molar refractivity (Wildman–Crippen MR) is 93.2 cm³/mol. The third-order valence-electron chi connectivity index (χ3n) is 4.74. The lowest BCUT2D eigenvalue weighted by atomic mass is 9.94. The Balaban J connectivity index is 1.91. The van der Waals surface area contributed by atoms with Gasteiger partial charge in [0.05, 0.1) is 13.2 Å². The smallest absolute Gasteiger partial charge is 0.236 e. The molecular formula is C19H30N2O2. The Hall–Kier alpha value is -1.39. The van der Waals surface area contributed by atoms with Crippen molar-refractivity contribution in [3.8, 4) is 0 Å². The van der Waals surface area contributed by atoms with Gasteiger partial charge >= 0.3 is 0 Å². The van der Waals surface area contributed by atoms with Crippen molar-refractivity contribution in [1.29, 1.82) is 0 Å². The molecule has 0 saturated heterocycles. The maximum absolute atomic E-state index is 12.6. The van der Waals surface area contributed by atoms with E-state index in [1.165, 1.54) is 24.8 Å². The van der Waals surface area contributed by atoms with Crippen molar-refractivity contribution in [2.45, 2.75) is 44.7 Å². The second kappa shape index (κ2) is 9.68. The normalized spacial score (nSPS) is 15.8. The van der Waals surface area contributed by atoms with Gasteiger partial charge in [-0.25, -0.2) is 0 Å². The van der Waals surface area contributed by atoms with Gasteiger partial charge in [0.15, 0.2) is 0 Å². The van der Waals surface area contributed by atoms with Crippen LogP contribution in [0.15, 0.2) is 30.3 Å². The summed E-state index contributed by atoms with van der Waals surface area (Å²) in [5, 5.41) is 0. The maximum atomic E-state index is 12.6. The van der Waals surface area contributed by atoms with E-state index in [0.717, 1.165) is 25.9 Å². The van der Waals surface area contributed by atoms with Crippen molar-refractivity contribution >= 4 is 5.91 Å². The standard InChI is InChI=1S/C19H30N2O2/c1-20(18-11-7-4-8-12-18)19(22)16-21(13-14-23-2)15-17-9-5-3-6-10-17/h3,5-6,9-10,18H,4,7-8,11-16H2,1-2H3. The van der Waals surface area contributed by atoms with E-state index in [2.05, 4.69) is 17.0 Å². The highest BCUT2D eigenvalue weighted by atomic mass is 16.5. The van der Waals surface area contributed by atoms with Crippen molar-refractivity contribution in [3.05, 3.63) is 35.9 Å². The Morgan fingerprint density at radius 1 is 1.17 bits per heavy atom. The average Bonchev–Trinajstić information content (AvgIpc) is 2.60. The van der Waals surface area contributed by atoms with Crippen molar-refractivity contribution in [3.63, 3.8) is 0 Å². The lowest BCUT2D eigenvalue weighted by molar-refractivity contribution is -0.134. The number of methoxy groups -OCH3 is 1. The molecule has 1 aromatic carbocycles. The van der Waals surface area contributed by atoms with Crippen LogP contribution in [0.2, 0.25) is 0 Å². The molecule has 0 unspecified atom stereocenters. The Kier molecular flexibility index (Phi) is 7.56. The highest BCUT2D eigenvalue weighted by Crippen LogP contribution is 2.21. The average molecular weight is 318 g/mol. The van der Waals surface area contributed by atoms with Gasteiger partial charge in [-0.05, 0) is 18.4 Å². The number of ether oxygens (including phenoxy) is 1. The Morgan fingerprint density at radius 2 is 1.87 bits per heavy atom. The van der Waals surface area contributed by atoms with Gasteiger partial charge in [0.2, 0.25) is 5.91 Å². The maximum Gasteiger partial charge on any atom is 0.236 e. The first-order chi connectivity index (χ1) is 11.2.